The van der Waals surface area contributed by atoms with Crippen LogP contribution >= 0.6 is 0 Å². The van der Waals surface area contributed by atoms with Gasteiger partial charge in [0, 0.05) is 28.9 Å². The summed E-state index contributed by atoms with van der Waals surface area (Å²) in [4.78, 5) is 34.5. The summed E-state index contributed by atoms with van der Waals surface area (Å²) in [7, 11) is 0. The number of hydrogen-bond donors (Lipinski definition) is 3. The number of rotatable bonds is 4. The third-order valence-corrected chi connectivity index (χ3v) is 6.65. The molecule has 1 aliphatic heterocycles. The van der Waals surface area contributed by atoms with Gasteiger partial charge in [-0.15, -0.1) is 0 Å². The minimum Gasteiger partial charge on any atom is -0.454 e. The van der Waals surface area contributed by atoms with Crippen LogP contribution in [0.15, 0.2) is 61.1 Å². The highest BCUT2D eigenvalue weighted by molar-refractivity contribution is 5.96. The lowest BCUT2D eigenvalue weighted by atomic mass is 9.95. The van der Waals surface area contributed by atoms with Gasteiger partial charge in [0.2, 0.25) is 12.7 Å². The number of anilines is 1. The van der Waals surface area contributed by atoms with Crippen LogP contribution in [-0.4, -0.2) is 47.8 Å². The molecule has 0 radical (unpaired) electrons. The second-order valence-corrected chi connectivity index (χ2v) is 10.5. The van der Waals surface area contributed by atoms with Crippen LogP contribution < -0.4 is 14.8 Å². The van der Waals surface area contributed by atoms with E-state index < -0.39 is 5.41 Å². The molecule has 0 spiro atoms. The van der Waals surface area contributed by atoms with E-state index in [1.807, 2.05) is 63.2 Å². The number of amides is 1. The van der Waals surface area contributed by atoms with Gasteiger partial charge in [-0.3, -0.25) is 19.9 Å². The standard InChI is InChI=1S/C29H24N8O3/c1-29(2,3)28(38)32-17-10-16(12-30-13-17)18-5-6-20-25(33-18)26(37-36-20)27-34-19-8-9-31-23(24(19)35-27)15-4-7-21-22(11-15)40-14-39-21/h4-13H,14H2,1-3H3,(H,32,38)(H,34,35)(H,36,37). The van der Waals surface area contributed by atoms with Crippen LogP contribution in [0.3, 0.4) is 0 Å². The average Bonchev–Trinajstić information content (AvgIpc) is 3.69. The third kappa shape index (κ3) is 4.08. The van der Waals surface area contributed by atoms with Gasteiger partial charge < -0.3 is 19.8 Å². The molecule has 11 nitrogen and oxygen atoms in total. The summed E-state index contributed by atoms with van der Waals surface area (Å²) >= 11 is 0. The Morgan fingerprint density at radius 3 is 2.62 bits per heavy atom. The average molecular weight is 533 g/mol. The SMILES string of the molecule is CC(C)(C)C(=O)Nc1cncc(-c2ccc3[nH]nc(-c4nc5c(-c6ccc7c(c6)OCO7)nccc5[nH]4)c3n2)c1. The Morgan fingerprint density at radius 2 is 1.75 bits per heavy atom. The van der Waals surface area contributed by atoms with Crippen molar-refractivity contribution in [2.75, 3.05) is 12.1 Å². The molecule has 0 unspecified atom stereocenters. The minimum absolute atomic E-state index is 0.0912. The number of benzene rings is 1. The smallest absolute Gasteiger partial charge is 0.231 e. The molecule has 6 aromatic rings. The zero-order chi connectivity index (χ0) is 27.4. The van der Waals surface area contributed by atoms with E-state index in [-0.39, 0.29) is 12.7 Å². The predicted molar refractivity (Wildman–Crippen MR) is 150 cm³/mol. The first-order chi connectivity index (χ1) is 19.3. The maximum Gasteiger partial charge on any atom is 0.231 e. The van der Waals surface area contributed by atoms with Gasteiger partial charge in [0.1, 0.15) is 11.0 Å². The van der Waals surface area contributed by atoms with Crippen molar-refractivity contribution in [1.82, 2.24) is 35.1 Å². The molecule has 7 rings (SSSR count). The molecule has 3 N–H and O–H groups in total. The Labute approximate surface area is 228 Å². The molecule has 0 bridgehead atoms. The second-order valence-electron chi connectivity index (χ2n) is 10.5. The van der Waals surface area contributed by atoms with Crippen molar-refractivity contribution in [3.63, 3.8) is 0 Å². The van der Waals surface area contributed by atoms with E-state index in [2.05, 4.69) is 30.5 Å². The summed E-state index contributed by atoms with van der Waals surface area (Å²) in [5.41, 5.74) is 6.63. The van der Waals surface area contributed by atoms with Crippen LogP contribution in [0.25, 0.3) is 56.1 Å². The number of fused-ring (bicyclic) bond motifs is 3. The van der Waals surface area contributed by atoms with Gasteiger partial charge in [0.25, 0.3) is 0 Å². The van der Waals surface area contributed by atoms with E-state index in [4.69, 9.17) is 19.4 Å². The Balaban J connectivity index is 1.27. The summed E-state index contributed by atoms with van der Waals surface area (Å²) in [6.07, 6.45) is 5.07. The van der Waals surface area contributed by atoms with Crippen molar-refractivity contribution < 1.29 is 14.3 Å². The van der Waals surface area contributed by atoms with Crippen molar-refractivity contribution in [2.45, 2.75) is 20.8 Å². The lowest BCUT2D eigenvalue weighted by Crippen LogP contribution is -2.27. The first-order valence-corrected chi connectivity index (χ1v) is 12.7. The number of H-pyrrole nitrogens is 2. The summed E-state index contributed by atoms with van der Waals surface area (Å²) in [6.45, 7) is 5.79. The van der Waals surface area contributed by atoms with Crippen molar-refractivity contribution in [1.29, 1.82) is 0 Å². The van der Waals surface area contributed by atoms with Crippen LogP contribution in [0.2, 0.25) is 0 Å². The quantitative estimate of drug-likeness (QED) is 0.276. The fraction of sp³-hybridized carbons (Fsp3) is 0.172. The predicted octanol–water partition coefficient (Wildman–Crippen LogP) is 5.34. The van der Waals surface area contributed by atoms with E-state index in [9.17, 15) is 4.79 Å². The second kappa shape index (κ2) is 8.87. The van der Waals surface area contributed by atoms with Crippen molar-refractivity contribution in [3.8, 4) is 45.5 Å². The monoisotopic (exact) mass is 532 g/mol. The van der Waals surface area contributed by atoms with E-state index in [1.165, 1.54) is 0 Å². The fourth-order valence-electron chi connectivity index (χ4n) is 4.49. The third-order valence-electron chi connectivity index (χ3n) is 6.65. The number of hydrogen-bond acceptors (Lipinski definition) is 8. The maximum atomic E-state index is 12.5. The molecule has 198 valence electrons. The van der Waals surface area contributed by atoms with Gasteiger partial charge in [-0.1, -0.05) is 20.8 Å². The van der Waals surface area contributed by atoms with Gasteiger partial charge >= 0.3 is 0 Å². The van der Waals surface area contributed by atoms with E-state index in [1.54, 1.807) is 18.6 Å². The molecule has 5 aromatic heterocycles. The van der Waals surface area contributed by atoms with Crippen LogP contribution in [0, 0.1) is 5.41 Å². The molecule has 0 fully saturated rings. The lowest BCUT2D eigenvalue weighted by Gasteiger charge is -2.17. The normalized spacial score (nSPS) is 12.8. The maximum absolute atomic E-state index is 12.5. The molecular formula is C29H24N8O3. The van der Waals surface area contributed by atoms with Gasteiger partial charge in [0.05, 0.1) is 34.3 Å². The van der Waals surface area contributed by atoms with Crippen molar-refractivity contribution in [3.05, 3.63) is 61.1 Å². The summed E-state index contributed by atoms with van der Waals surface area (Å²) in [5, 5.41) is 10.5. The van der Waals surface area contributed by atoms with E-state index >= 15 is 0 Å². The molecule has 1 aliphatic rings. The highest BCUT2D eigenvalue weighted by atomic mass is 16.7. The molecule has 0 aliphatic carbocycles. The Morgan fingerprint density at radius 1 is 0.900 bits per heavy atom. The first kappa shape index (κ1) is 23.8. The number of nitrogens with zero attached hydrogens (tertiary/aromatic N) is 5. The van der Waals surface area contributed by atoms with Crippen molar-refractivity contribution >= 4 is 33.7 Å². The number of aromatic amines is 2. The number of nitrogens with one attached hydrogen (secondary N) is 3. The first-order valence-electron chi connectivity index (χ1n) is 12.7. The Kier molecular flexibility index (Phi) is 5.27. The van der Waals surface area contributed by atoms with Crippen LogP contribution in [-0.2, 0) is 4.79 Å². The fourth-order valence-corrected chi connectivity index (χ4v) is 4.49. The van der Waals surface area contributed by atoms with Crippen molar-refractivity contribution in [2.24, 2.45) is 5.41 Å². The molecular weight excluding hydrogens is 508 g/mol. The van der Waals surface area contributed by atoms with Crippen LogP contribution in [0.5, 0.6) is 11.5 Å². The largest absolute Gasteiger partial charge is 0.454 e. The Bertz CT molecular complexity index is 1940. The van der Waals surface area contributed by atoms with Gasteiger partial charge in [-0.25, -0.2) is 9.97 Å². The summed E-state index contributed by atoms with van der Waals surface area (Å²) in [5.74, 6) is 1.86. The van der Waals surface area contributed by atoms with Crippen LogP contribution in [0.1, 0.15) is 20.8 Å². The Hall–Kier alpha value is -5.32. The number of ether oxygens (including phenoxy) is 2. The minimum atomic E-state index is -0.524. The topological polar surface area (TPSA) is 144 Å². The van der Waals surface area contributed by atoms with Gasteiger partial charge in [0.15, 0.2) is 23.0 Å². The molecule has 0 saturated carbocycles. The number of aromatic nitrogens is 7. The molecule has 0 saturated heterocycles. The van der Waals surface area contributed by atoms with E-state index in [0.717, 1.165) is 22.2 Å². The molecule has 40 heavy (non-hydrogen) atoms. The number of carbonyl (C=O) groups is 1. The highest BCUT2D eigenvalue weighted by Gasteiger charge is 2.22. The number of imidazole rings is 1. The summed E-state index contributed by atoms with van der Waals surface area (Å²) in [6, 6.07) is 13.2. The zero-order valence-electron chi connectivity index (χ0n) is 21.9. The van der Waals surface area contributed by atoms with E-state index in [0.29, 0.717) is 51.1 Å². The molecule has 1 amide bonds. The highest BCUT2D eigenvalue weighted by Crippen LogP contribution is 2.37. The number of carbonyl (C=O) groups excluding carboxylic acids is 1. The van der Waals surface area contributed by atoms with Crippen LogP contribution in [0.4, 0.5) is 5.69 Å². The molecule has 0 atom stereocenters. The molecule has 1 aromatic carbocycles. The van der Waals surface area contributed by atoms with Gasteiger partial charge in [-0.05, 0) is 42.5 Å². The molecule has 11 heteroatoms. The van der Waals surface area contributed by atoms with Gasteiger partial charge in [-0.2, -0.15) is 5.10 Å². The number of pyridine rings is 3. The molecule has 6 heterocycles. The lowest BCUT2D eigenvalue weighted by molar-refractivity contribution is -0.123. The zero-order valence-corrected chi connectivity index (χ0v) is 21.9. The summed E-state index contributed by atoms with van der Waals surface area (Å²) < 4.78 is 11.0.